The zero-order chi connectivity index (χ0) is 18.8. The van der Waals surface area contributed by atoms with Gasteiger partial charge in [0.05, 0.1) is 32.6 Å². The molecule has 27 heavy (non-hydrogen) atoms. The summed E-state index contributed by atoms with van der Waals surface area (Å²) in [6.45, 7) is 3.72. The molecule has 0 aromatic heterocycles. The third-order valence-corrected chi connectivity index (χ3v) is 7.15. The summed E-state index contributed by atoms with van der Waals surface area (Å²) in [5.41, 5.74) is 2.52. The van der Waals surface area contributed by atoms with Crippen molar-refractivity contribution in [2.75, 3.05) is 32.4 Å². The number of fused-ring (bicyclic) bond motifs is 2. The van der Waals surface area contributed by atoms with Gasteiger partial charge in [0.15, 0.2) is 0 Å². The molecule has 3 saturated heterocycles. The second-order valence-electron chi connectivity index (χ2n) is 8.02. The monoisotopic (exact) mass is 370 g/mol. The van der Waals surface area contributed by atoms with E-state index >= 15 is 0 Å². The number of hydrogen-bond acceptors (Lipinski definition) is 5. The number of methoxy groups -OCH3 is 1. The molecule has 6 rings (SSSR count). The van der Waals surface area contributed by atoms with Crippen molar-refractivity contribution < 1.29 is 19.1 Å². The molecule has 4 bridgehead atoms. The number of rotatable bonds is 2. The van der Waals surface area contributed by atoms with Crippen molar-refractivity contribution in [3.63, 3.8) is 0 Å². The lowest BCUT2D eigenvalue weighted by molar-refractivity contribution is -0.137. The summed E-state index contributed by atoms with van der Waals surface area (Å²) in [7, 11) is 3.18. The molecular formula is C21H26N2O4. The Bertz CT molecular complexity index is 822. The van der Waals surface area contributed by atoms with Gasteiger partial charge >= 0.3 is 0 Å². The number of hydrogen-bond donors (Lipinski definition) is 1. The van der Waals surface area contributed by atoms with Gasteiger partial charge in [-0.15, -0.1) is 0 Å². The Labute approximate surface area is 159 Å². The van der Waals surface area contributed by atoms with E-state index in [0.29, 0.717) is 24.2 Å². The minimum atomic E-state index is -0.706. The van der Waals surface area contributed by atoms with Crippen LogP contribution in [-0.4, -0.2) is 45.4 Å². The quantitative estimate of drug-likeness (QED) is 0.809. The lowest BCUT2D eigenvalue weighted by Crippen LogP contribution is -2.50. The Morgan fingerprint density at radius 1 is 1.37 bits per heavy atom. The number of hydroxylamine groups is 1. The maximum atomic E-state index is 13.7. The van der Waals surface area contributed by atoms with Gasteiger partial charge in [0, 0.05) is 24.6 Å². The van der Waals surface area contributed by atoms with Crippen molar-refractivity contribution in [3.05, 3.63) is 35.4 Å². The first-order valence-corrected chi connectivity index (χ1v) is 9.71. The molecule has 6 nitrogen and oxygen atoms in total. The molecule has 5 aliphatic rings. The van der Waals surface area contributed by atoms with Crippen molar-refractivity contribution in [2.45, 2.75) is 37.3 Å². The molecule has 1 aromatic carbocycles. The lowest BCUT2D eigenvalue weighted by atomic mass is 9.72. The Kier molecular flexibility index (Phi) is 3.86. The van der Waals surface area contributed by atoms with E-state index in [1.54, 1.807) is 14.2 Å². The van der Waals surface area contributed by atoms with Gasteiger partial charge in [-0.3, -0.25) is 9.63 Å². The number of nitrogens with one attached hydrogen (secondary N) is 1. The highest BCUT2D eigenvalue weighted by atomic mass is 16.7. The fraction of sp³-hybridized carbons (Fsp3) is 0.571. The van der Waals surface area contributed by atoms with Crippen LogP contribution in [0.3, 0.4) is 0 Å². The second kappa shape index (κ2) is 6.06. The third kappa shape index (κ3) is 2.15. The number of benzene rings is 1. The van der Waals surface area contributed by atoms with Gasteiger partial charge in [-0.1, -0.05) is 17.7 Å². The minimum Gasteiger partial charge on any atom is -0.497 e. The maximum Gasteiger partial charge on any atom is 0.264 e. The molecule has 4 heterocycles. The van der Waals surface area contributed by atoms with Crippen LogP contribution in [0.4, 0.5) is 5.69 Å². The Morgan fingerprint density at radius 3 is 2.96 bits per heavy atom. The fourth-order valence-electron chi connectivity index (χ4n) is 5.81. The molecule has 1 saturated carbocycles. The van der Waals surface area contributed by atoms with Gasteiger partial charge in [-0.05, 0) is 37.3 Å². The van der Waals surface area contributed by atoms with Crippen LogP contribution in [0.15, 0.2) is 29.8 Å². The van der Waals surface area contributed by atoms with Gasteiger partial charge in [-0.2, -0.15) is 5.06 Å². The Balaban J connectivity index is 1.67. The van der Waals surface area contributed by atoms with Gasteiger partial charge < -0.3 is 14.8 Å². The predicted molar refractivity (Wildman–Crippen MR) is 101 cm³/mol. The molecule has 4 aliphatic heterocycles. The highest BCUT2D eigenvalue weighted by Gasteiger charge is 2.63. The van der Waals surface area contributed by atoms with Crippen LogP contribution in [0, 0.1) is 11.8 Å². The molecule has 1 spiro atoms. The largest absolute Gasteiger partial charge is 0.497 e. The van der Waals surface area contributed by atoms with Gasteiger partial charge in [0.2, 0.25) is 0 Å². The van der Waals surface area contributed by atoms with Crippen molar-refractivity contribution in [1.29, 1.82) is 0 Å². The van der Waals surface area contributed by atoms with Crippen molar-refractivity contribution in [3.8, 4) is 5.75 Å². The number of piperidine rings is 1. The molecule has 4 fully saturated rings. The van der Waals surface area contributed by atoms with Gasteiger partial charge in [-0.25, -0.2) is 0 Å². The van der Waals surface area contributed by atoms with E-state index in [-0.39, 0.29) is 18.1 Å². The van der Waals surface area contributed by atoms with Crippen LogP contribution in [0.1, 0.15) is 25.3 Å². The molecule has 1 amide bonds. The highest BCUT2D eigenvalue weighted by molar-refractivity contribution is 6.07. The predicted octanol–water partition coefficient (Wildman–Crippen LogP) is 2.18. The summed E-state index contributed by atoms with van der Waals surface area (Å²) in [5.74, 6) is 1.61. The molecule has 0 radical (unpaired) electrons. The topological polar surface area (TPSA) is 60.0 Å². The standard InChI is InChI=1S/C21H26N2O4/c1-4-12-10-22-17-9-21(19-8-14(12)15(17)11-27-19)16-6-5-13(25-2)7-18(16)23(26-3)20(21)24/h4-7,14-15,17,19,22H,8-11H2,1-3H3/t14-,15?,17?,19-,21-/m0/s1. The Morgan fingerprint density at radius 2 is 2.22 bits per heavy atom. The molecule has 6 heteroatoms. The zero-order valence-electron chi connectivity index (χ0n) is 16.0. The lowest BCUT2D eigenvalue weighted by Gasteiger charge is -2.42. The molecule has 1 N–H and O–H groups in total. The molecule has 1 aliphatic carbocycles. The van der Waals surface area contributed by atoms with Gasteiger partial charge in [0.25, 0.3) is 5.91 Å². The summed E-state index contributed by atoms with van der Waals surface area (Å²) in [6, 6.07) is 6.11. The van der Waals surface area contributed by atoms with Crippen LogP contribution >= 0.6 is 0 Å². The summed E-state index contributed by atoms with van der Waals surface area (Å²) < 4.78 is 11.7. The molecule has 1 aromatic rings. The number of amides is 1. The van der Waals surface area contributed by atoms with Crippen LogP contribution in [-0.2, 0) is 19.8 Å². The number of carbonyl (C=O) groups excluding carboxylic acids is 1. The average Bonchev–Trinajstić information content (AvgIpc) is 2.80. The number of nitrogens with zero attached hydrogens (tertiary/aromatic N) is 1. The van der Waals surface area contributed by atoms with Gasteiger partial charge in [0.1, 0.15) is 11.2 Å². The number of anilines is 1. The summed E-state index contributed by atoms with van der Waals surface area (Å²) in [4.78, 5) is 19.2. The van der Waals surface area contributed by atoms with Crippen molar-refractivity contribution in [2.24, 2.45) is 11.8 Å². The van der Waals surface area contributed by atoms with E-state index in [2.05, 4.69) is 18.3 Å². The number of allylic oxidation sites excluding steroid dienone is 1. The number of carbonyl (C=O) groups is 1. The molecule has 144 valence electrons. The van der Waals surface area contributed by atoms with E-state index in [9.17, 15) is 4.79 Å². The highest BCUT2D eigenvalue weighted by Crippen LogP contribution is 2.56. The van der Waals surface area contributed by atoms with Crippen LogP contribution in [0.5, 0.6) is 5.75 Å². The Hall–Kier alpha value is -1.89. The average molecular weight is 370 g/mol. The van der Waals surface area contributed by atoms with Crippen molar-refractivity contribution >= 4 is 11.6 Å². The smallest absolute Gasteiger partial charge is 0.264 e. The summed E-state index contributed by atoms with van der Waals surface area (Å²) in [5, 5.41) is 5.12. The van der Waals surface area contributed by atoms with E-state index in [1.165, 1.54) is 10.6 Å². The van der Waals surface area contributed by atoms with Crippen LogP contribution in [0.2, 0.25) is 0 Å². The van der Waals surface area contributed by atoms with Crippen molar-refractivity contribution in [1.82, 2.24) is 5.32 Å². The summed E-state index contributed by atoms with van der Waals surface area (Å²) >= 11 is 0. The third-order valence-electron chi connectivity index (χ3n) is 7.15. The first kappa shape index (κ1) is 17.2. The van der Waals surface area contributed by atoms with E-state index < -0.39 is 5.41 Å². The zero-order valence-corrected chi connectivity index (χ0v) is 16.0. The number of ether oxygens (including phenoxy) is 2. The molecular weight excluding hydrogens is 344 g/mol. The van der Waals surface area contributed by atoms with E-state index in [1.807, 2.05) is 18.2 Å². The van der Waals surface area contributed by atoms with Crippen LogP contribution < -0.4 is 15.1 Å². The first-order chi connectivity index (χ1) is 13.1. The molecule has 2 unspecified atom stereocenters. The first-order valence-electron chi connectivity index (χ1n) is 9.71. The van der Waals surface area contributed by atoms with E-state index in [4.69, 9.17) is 14.3 Å². The second-order valence-corrected chi connectivity index (χ2v) is 8.02. The normalized spacial score (nSPS) is 38.4. The van der Waals surface area contributed by atoms with Crippen LogP contribution in [0.25, 0.3) is 0 Å². The molecule has 5 atom stereocenters. The summed E-state index contributed by atoms with van der Waals surface area (Å²) in [6.07, 6.45) is 3.72. The minimum absolute atomic E-state index is 0.0183. The maximum absolute atomic E-state index is 13.7. The van der Waals surface area contributed by atoms with E-state index in [0.717, 1.165) is 30.6 Å². The SMILES string of the molecule is CC=C1CNC2C[C@@]3(C(=O)N(OC)c4cc(OC)ccc43)[C@@H]3C[C@@H]1C2CO3. The fourth-order valence-corrected chi connectivity index (χ4v) is 5.81.